The molecular formula is C19H16Br3Cl2N3O. The van der Waals surface area contributed by atoms with Gasteiger partial charge in [0.25, 0.3) is 0 Å². The molecule has 4 nitrogen and oxygen atoms in total. The van der Waals surface area contributed by atoms with E-state index in [-0.39, 0.29) is 5.92 Å². The van der Waals surface area contributed by atoms with Crippen molar-refractivity contribution in [2.75, 3.05) is 6.61 Å². The second-order valence-corrected chi connectivity index (χ2v) is 9.64. The molecule has 0 aliphatic carbocycles. The van der Waals surface area contributed by atoms with Crippen molar-refractivity contribution in [3.05, 3.63) is 72.0 Å². The summed E-state index contributed by atoms with van der Waals surface area (Å²) in [5.74, 6) is 0.965. The lowest BCUT2D eigenvalue weighted by molar-refractivity contribution is 0.294. The standard InChI is InChI=1S/C19H16Br3Cl2N3O/c20-13-6-16(21)19(17(22)7-13)28-5-1-2-12(9-27-11-25-10-26-27)15-4-3-14(23)8-18(15)24/h3-4,6-8,10-12H,1-2,5,9H2. The van der Waals surface area contributed by atoms with E-state index < -0.39 is 0 Å². The van der Waals surface area contributed by atoms with Crippen molar-refractivity contribution in [2.45, 2.75) is 25.3 Å². The van der Waals surface area contributed by atoms with Crippen LogP contribution in [0.25, 0.3) is 0 Å². The fourth-order valence-electron chi connectivity index (χ4n) is 2.90. The van der Waals surface area contributed by atoms with Gasteiger partial charge in [-0.1, -0.05) is 45.2 Å². The highest BCUT2D eigenvalue weighted by molar-refractivity contribution is 9.11. The van der Waals surface area contributed by atoms with Gasteiger partial charge in [0.2, 0.25) is 0 Å². The number of halogens is 5. The average molecular weight is 613 g/mol. The second kappa shape index (κ2) is 10.4. The molecule has 0 saturated heterocycles. The summed E-state index contributed by atoms with van der Waals surface area (Å²) in [6.07, 6.45) is 4.98. The third-order valence-electron chi connectivity index (χ3n) is 4.18. The van der Waals surface area contributed by atoms with Crippen LogP contribution in [0.1, 0.15) is 24.3 Å². The molecule has 0 aliphatic heterocycles. The topological polar surface area (TPSA) is 39.9 Å². The molecule has 1 unspecified atom stereocenters. The van der Waals surface area contributed by atoms with Crippen LogP contribution in [-0.2, 0) is 6.54 Å². The second-order valence-electron chi connectivity index (χ2n) is 6.17. The molecule has 3 aromatic rings. The van der Waals surface area contributed by atoms with Crippen molar-refractivity contribution in [1.82, 2.24) is 14.8 Å². The van der Waals surface area contributed by atoms with Crippen molar-refractivity contribution in [1.29, 1.82) is 0 Å². The van der Waals surface area contributed by atoms with E-state index in [0.717, 1.165) is 37.6 Å². The Morgan fingerprint density at radius 2 is 1.82 bits per heavy atom. The monoisotopic (exact) mass is 609 g/mol. The van der Waals surface area contributed by atoms with Crippen LogP contribution in [0.4, 0.5) is 0 Å². The largest absolute Gasteiger partial charge is 0.491 e. The fraction of sp³-hybridized carbons (Fsp3) is 0.263. The van der Waals surface area contributed by atoms with Crippen molar-refractivity contribution >= 4 is 71.0 Å². The highest BCUT2D eigenvalue weighted by atomic mass is 79.9. The van der Waals surface area contributed by atoms with Crippen molar-refractivity contribution in [2.24, 2.45) is 0 Å². The number of aromatic nitrogens is 3. The molecule has 9 heteroatoms. The van der Waals surface area contributed by atoms with Crippen molar-refractivity contribution in [3.8, 4) is 5.75 Å². The minimum absolute atomic E-state index is 0.173. The van der Waals surface area contributed by atoms with Gasteiger partial charge in [0.1, 0.15) is 18.4 Å². The van der Waals surface area contributed by atoms with Crippen LogP contribution in [0.2, 0.25) is 10.0 Å². The molecule has 148 valence electrons. The predicted molar refractivity (Wildman–Crippen MR) is 123 cm³/mol. The molecule has 2 aromatic carbocycles. The lowest BCUT2D eigenvalue weighted by Gasteiger charge is -2.19. The highest BCUT2D eigenvalue weighted by Crippen LogP contribution is 2.37. The predicted octanol–water partition coefficient (Wildman–Crippen LogP) is 7.52. The minimum Gasteiger partial charge on any atom is -0.491 e. The Morgan fingerprint density at radius 3 is 2.46 bits per heavy atom. The van der Waals surface area contributed by atoms with E-state index in [9.17, 15) is 0 Å². The van der Waals surface area contributed by atoms with E-state index >= 15 is 0 Å². The van der Waals surface area contributed by atoms with E-state index in [2.05, 4.69) is 57.9 Å². The summed E-state index contributed by atoms with van der Waals surface area (Å²) >= 11 is 23.0. The zero-order valence-corrected chi connectivity index (χ0v) is 20.9. The zero-order chi connectivity index (χ0) is 20.1. The van der Waals surface area contributed by atoms with Gasteiger partial charge in [0.05, 0.1) is 15.6 Å². The van der Waals surface area contributed by atoms with Crippen LogP contribution < -0.4 is 4.74 Å². The molecule has 0 aliphatic rings. The number of benzene rings is 2. The molecule has 3 rings (SSSR count). The lowest BCUT2D eigenvalue weighted by Crippen LogP contribution is -2.12. The first-order valence-corrected chi connectivity index (χ1v) is 11.6. The van der Waals surface area contributed by atoms with Gasteiger partial charge in [-0.15, -0.1) is 0 Å². The first kappa shape index (κ1) is 22.1. The first-order valence-electron chi connectivity index (χ1n) is 8.48. The van der Waals surface area contributed by atoms with Crippen LogP contribution >= 0.6 is 71.0 Å². The van der Waals surface area contributed by atoms with Crippen molar-refractivity contribution < 1.29 is 4.74 Å². The van der Waals surface area contributed by atoms with E-state index in [0.29, 0.717) is 23.2 Å². The quantitative estimate of drug-likeness (QED) is 0.247. The van der Waals surface area contributed by atoms with E-state index in [1.54, 1.807) is 12.4 Å². The van der Waals surface area contributed by atoms with Gasteiger partial charge >= 0.3 is 0 Å². The number of rotatable bonds is 8. The SMILES string of the molecule is Clc1ccc(C(CCCOc2c(Br)cc(Br)cc2Br)Cn2cncn2)c(Cl)c1. The normalized spacial score (nSPS) is 12.2. The Kier molecular flexibility index (Phi) is 8.23. The first-order chi connectivity index (χ1) is 13.4. The zero-order valence-electron chi connectivity index (χ0n) is 14.6. The lowest BCUT2D eigenvalue weighted by atomic mass is 9.94. The molecule has 1 heterocycles. The maximum absolute atomic E-state index is 6.45. The summed E-state index contributed by atoms with van der Waals surface area (Å²) in [6, 6.07) is 9.54. The molecule has 0 bridgehead atoms. The number of ether oxygens (including phenoxy) is 1. The van der Waals surface area contributed by atoms with Gasteiger partial charge in [-0.3, -0.25) is 4.68 Å². The number of hydrogen-bond donors (Lipinski definition) is 0. The van der Waals surface area contributed by atoms with Gasteiger partial charge in [-0.25, -0.2) is 4.98 Å². The van der Waals surface area contributed by atoms with Crippen molar-refractivity contribution in [3.63, 3.8) is 0 Å². The molecule has 1 aromatic heterocycles. The summed E-state index contributed by atoms with van der Waals surface area (Å²) in [7, 11) is 0. The maximum atomic E-state index is 6.45. The van der Waals surface area contributed by atoms with E-state index in [1.165, 1.54) is 6.33 Å². The molecule has 28 heavy (non-hydrogen) atoms. The molecule has 0 N–H and O–H groups in total. The minimum atomic E-state index is 0.173. The van der Waals surface area contributed by atoms with Gasteiger partial charge in [-0.05, 0) is 74.5 Å². The Morgan fingerprint density at radius 1 is 1.07 bits per heavy atom. The summed E-state index contributed by atoms with van der Waals surface area (Å²) in [5, 5.41) is 5.51. The van der Waals surface area contributed by atoms with Crippen LogP contribution in [0, 0.1) is 0 Å². The summed E-state index contributed by atoms with van der Waals surface area (Å²) < 4.78 is 10.6. The molecule has 0 fully saturated rings. The van der Waals surface area contributed by atoms with Gasteiger partial charge < -0.3 is 4.74 Å². The number of hydrogen-bond acceptors (Lipinski definition) is 3. The van der Waals surface area contributed by atoms with Gasteiger partial charge in [0, 0.05) is 27.0 Å². The molecule has 0 amide bonds. The molecular weight excluding hydrogens is 597 g/mol. The van der Waals surface area contributed by atoms with Gasteiger partial charge in [-0.2, -0.15) is 5.10 Å². The Bertz CT molecular complexity index is 915. The summed E-state index contributed by atoms with van der Waals surface area (Å²) in [5.41, 5.74) is 1.05. The average Bonchev–Trinajstić information content (AvgIpc) is 3.12. The molecule has 0 saturated carbocycles. The third-order valence-corrected chi connectivity index (χ3v) is 6.38. The van der Waals surface area contributed by atoms with E-state index in [1.807, 2.05) is 28.9 Å². The van der Waals surface area contributed by atoms with E-state index in [4.69, 9.17) is 27.9 Å². The smallest absolute Gasteiger partial charge is 0.147 e. The van der Waals surface area contributed by atoms with Crippen LogP contribution in [0.15, 0.2) is 56.4 Å². The van der Waals surface area contributed by atoms with Crippen LogP contribution in [0.5, 0.6) is 5.75 Å². The van der Waals surface area contributed by atoms with Gasteiger partial charge in [0.15, 0.2) is 0 Å². The van der Waals surface area contributed by atoms with Crippen LogP contribution in [0.3, 0.4) is 0 Å². The summed E-state index contributed by atoms with van der Waals surface area (Å²) in [4.78, 5) is 4.03. The Balaban J connectivity index is 1.66. The Labute approximate surface area is 199 Å². The highest BCUT2D eigenvalue weighted by Gasteiger charge is 2.17. The third kappa shape index (κ3) is 5.95. The summed E-state index contributed by atoms with van der Waals surface area (Å²) in [6.45, 7) is 1.27. The maximum Gasteiger partial charge on any atom is 0.147 e. The number of nitrogens with zero attached hydrogens (tertiary/aromatic N) is 3. The Hall–Kier alpha value is -0.600. The van der Waals surface area contributed by atoms with Crippen LogP contribution in [-0.4, -0.2) is 21.4 Å². The molecule has 0 radical (unpaired) electrons. The fourth-order valence-corrected chi connectivity index (χ4v) is 5.95. The molecule has 1 atom stereocenters. The molecule has 0 spiro atoms.